The van der Waals surface area contributed by atoms with Crippen LogP contribution in [0.4, 0.5) is 4.79 Å². The van der Waals surface area contributed by atoms with Crippen LogP contribution in [0.25, 0.3) is 0 Å². The Labute approximate surface area is 129 Å². The summed E-state index contributed by atoms with van der Waals surface area (Å²) in [6, 6.07) is 5.06. The van der Waals surface area contributed by atoms with Crippen molar-refractivity contribution in [3.63, 3.8) is 0 Å². The molecule has 4 nitrogen and oxygen atoms in total. The first-order valence-electron chi connectivity index (χ1n) is 6.49. The van der Waals surface area contributed by atoms with Gasteiger partial charge < -0.3 is 14.7 Å². The maximum absolute atomic E-state index is 10.8. The highest BCUT2D eigenvalue weighted by Crippen LogP contribution is 2.29. The Bertz CT molecular complexity index is 454. The summed E-state index contributed by atoms with van der Waals surface area (Å²) in [6.45, 7) is 2.47. The molecule has 0 bridgehead atoms. The van der Waals surface area contributed by atoms with Gasteiger partial charge in [0.25, 0.3) is 0 Å². The van der Waals surface area contributed by atoms with Gasteiger partial charge in [-0.05, 0) is 18.6 Å². The van der Waals surface area contributed by atoms with Crippen LogP contribution < -0.4 is 4.74 Å². The number of benzene rings is 1. The summed E-state index contributed by atoms with van der Waals surface area (Å²) in [6.07, 6.45) is 1.36. The molecule has 0 aliphatic carbocycles. The molecule has 0 aliphatic heterocycles. The summed E-state index contributed by atoms with van der Waals surface area (Å²) in [7, 11) is 1.54. The molecule has 20 heavy (non-hydrogen) atoms. The fourth-order valence-corrected chi connectivity index (χ4v) is 2.09. The molecule has 1 rings (SSSR count). The van der Waals surface area contributed by atoms with E-state index in [9.17, 15) is 4.79 Å². The number of carbonyl (C=O) groups is 1. The first-order chi connectivity index (χ1) is 9.43. The number of halogens is 2. The van der Waals surface area contributed by atoms with Gasteiger partial charge in [0, 0.05) is 31.1 Å². The summed E-state index contributed by atoms with van der Waals surface area (Å²) in [4.78, 5) is 12.0. The van der Waals surface area contributed by atoms with Crippen molar-refractivity contribution in [1.82, 2.24) is 4.90 Å². The molecule has 0 spiro atoms. The molecule has 1 aromatic carbocycles. The fraction of sp³-hybridized carbons (Fsp3) is 0.500. The van der Waals surface area contributed by atoms with Crippen molar-refractivity contribution in [2.75, 3.05) is 13.6 Å². The second-order valence-corrected chi connectivity index (χ2v) is 5.44. The van der Waals surface area contributed by atoms with E-state index in [-0.39, 0.29) is 6.10 Å². The van der Waals surface area contributed by atoms with Gasteiger partial charge >= 0.3 is 6.09 Å². The van der Waals surface area contributed by atoms with Gasteiger partial charge in [-0.15, -0.1) is 0 Å². The van der Waals surface area contributed by atoms with Crippen LogP contribution in [0.15, 0.2) is 18.2 Å². The summed E-state index contributed by atoms with van der Waals surface area (Å²) < 4.78 is 5.86. The number of ether oxygens (including phenoxy) is 1. The number of nitrogens with zero attached hydrogens (tertiary/aromatic N) is 1. The van der Waals surface area contributed by atoms with Crippen LogP contribution in [0.1, 0.15) is 26.2 Å². The zero-order valence-corrected chi connectivity index (χ0v) is 13.1. The van der Waals surface area contributed by atoms with Gasteiger partial charge in [-0.1, -0.05) is 36.5 Å². The van der Waals surface area contributed by atoms with Gasteiger partial charge in [-0.3, -0.25) is 0 Å². The standard InChI is InChI=1S/C14H19Cl2NO3/c1-3-4-11(7-8-17(2)14(18)19)20-13-9-10(15)5-6-12(13)16/h5-6,9,11H,3-4,7-8H2,1-2H3,(H,18,19). The van der Waals surface area contributed by atoms with E-state index in [0.717, 1.165) is 12.8 Å². The number of amides is 1. The molecule has 0 heterocycles. The summed E-state index contributed by atoms with van der Waals surface area (Å²) in [5.41, 5.74) is 0. The Hall–Kier alpha value is -1.13. The van der Waals surface area contributed by atoms with Crippen LogP contribution in [0.3, 0.4) is 0 Å². The predicted molar refractivity (Wildman–Crippen MR) is 81.1 cm³/mol. The van der Waals surface area contributed by atoms with Crippen molar-refractivity contribution >= 4 is 29.3 Å². The van der Waals surface area contributed by atoms with Crippen LogP contribution >= 0.6 is 23.2 Å². The number of carboxylic acid groups (broad SMARTS) is 1. The highest BCUT2D eigenvalue weighted by molar-refractivity contribution is 6.34. The SMILES string of the molecule is CCCC(CCN(C)C(=O)O)Oc1cc(Cl)ccc1Cl. The third kappa shape index (κ3) is 5.47. The maximum atomic E-state index is 10.8. The molecule has 1 atom stereocenters. The Morgan fingerprint density at radius 3 is 2.70 bits per heavy atom. The topological polar surface area (TPSA) is 49.8 Å². The average Bonchev–Trinajstić information content (AvgIpc) is 2.39. The Balaban J connectivity index is 2.66. The third-order valence-corrected chi connectivity index (χ3v) is 3.46. The summed E-state index contributed by atoms with van der Waals surface area (Å²) in [5.74, 6) is 0.538. The maximum Gasteiger partial charge on any atom is 0.407 e. The van der Waals surface area contributed by atoms with E-state index in [1.54, 1.807) is 18.2 Å². The predicted octanol–water partition coefficient (Wildman–Crippen LogP) is 4.54. The van der Waals surface area contributed by atoms with E-state index in [1.807, 2.05) is 0 Å². The minimum absolute atomic E-state index is 0.0854. The minimum Gasteiger partial charge on any atom is -0.489 e. The first kappa shape index (κ1) is 16.9. The molecule has 0 aromatic heterocycles. The van der Waals surface area contributed by atoms with E-state index in [0.29, 0.717) is 28.8 Å². The molecule has 0 radical (unpaired) electrons. The lowest BCUT2D eigenvalue weighted by Gasteiger charge is -2.22. The molecular weight excluding hydrogens is 301 g/mol. The lowest BCUT2D eigenvalue weighted by atomic mass is 10.1. The van der Waals surface area contributed by atoms with Gasteiger partial charge in [0.15, 0.2) is 0 Å². The van der Waals surface area contributed by atoms with Gasteiger partial charge in [-0.25, -0.2) is 4.79 Å². The Morgan fingerprint density at radius 2 is 2.10 bits per heavy atom. The molecule has 0 aliphatic rings. The number of hydrogen-bond acceptors (Lipinski definition) is 2. The normalized spacial score (nSPS) is 12.0. The largest absolute Gasteiger partial charge is 0.489 e. The van der Waals surface area contributed by atoms with Crippen LogP contribution in [0, 0.1) is 0 Å². The quantitative estimate of drug-likeness (QED) is 0.802. The third-order valence-electron chi connectivity index (χ3n) is 2.91. The lowest BCUT2D eigenvalue weighted by Crippen LogP contribution is -2.30. The highest BCUT2D eigenvalue weighted by Gasteiger charge is 2.15. The molecule has 1 amide bonds. The summed E-state index contributed by atoms with van der Waals surface area (Å²) >= 11 is 12.0. The van der Waals surface area contributed by atoms with Crippen molar-refractivity contribution in [2.24, 2.45) is 0 Å². The van der Waals surface area contributed by atoms with Crippen molar-refractivity contribution in [2.45, 2.75) is 32.3 Å². The van der Waals surface area contributed by atoms with E-state index in [1.165, 1.54) is 11.9 Å². The van der Waals surface area contributed by atoms with Gasteiger partial charge in [0.2, 0.25) is 0 Å². The fourth-order valence-electron chi connectivity index (χ4n) is 1.76. The first-order valence-corrected chi connectivity index (χ1v) is 7.25. The van der Waals surface area contributed by atoms with Crippen molar-refractivity contribution in [3.8, 4) is 5.75 Å². The molecule has 6 heteroatoms. The van der Waals surface area contributed by atoms with Gasteiger partial charge in [0.1, 0.15) is 11.9 Å². The highest BCUT2D eigenvalue weighted by atomic mass is 35.5. The smallest absolute Gasteiger partial charge is 0.407 e. The van der Waals surface area contributed by atoms with E-state index in [4.69, 9.17) is 33.0 Å². The molecule has 1 aromatic rings. The lowest BCUT2D eigenvalue weighted by molar-refractivity contribution is 0.136. The average molecular weight is 320 g/mol. The van der Waals surface area contributed by atoms with Crippen LogP contribution in [0.5, 0.6) is 5.75 Å². The van der Waals surface area contributed by atoms with Crippen molar-refractivity contribution in [3.05, 3.63) is 28.2 Å². The minimum atomic E-state index is -0.943. The van der Waals surface area contributed by atoms with Gasteiger partial charge in [-0.2, -0.15) is 0 Å². The van der Waals surface area contributed by atoms with Crippen LogP contribution in [0.2, 0.25) is 10.0 Å². The Morgan fingerprint density at radius 1 is 1.40 bits per heavy atom. The van der Waals surface area contributed by atoms with Crippen molar-refractivity contribution < 1.29 is 14.6 Å². The summed E-state index contributed by atoms with van der Waals surface area (Å²) in [5, 5.41) is 9.90. The van der Waals surface area contributed by atoms with Gasteiger partial charge in [0.05, 0.1) is 5.02 Å². The van der Waals surface area contributed by atoms with Crippen LogP contribution in [-0.2, 0) is 0 Å². The molecule has 1 unspecified atom stereocenters. The molecular formula is C14H19Cl2NO3. The van der Waals surface area contributed by atoms with Crippen LogP contribution in [-0.4, -0.2) is 35.8 Å². The number of hydrogen-bond donors (Lipinski definition) is 1. The second kappa shape index (κ2) is 8.22. The molecule has 0 saturated carbocycles. The second-order valence-electron chi connectivity index (χ2n) is 4.60. The molecule has 1 N–H and O–H groups in total. The molecule has 0 saturated heterocycles. The monoisotopic (exact) mass is 319 g/mol. The Kier molecular flexibility index (Phi) is 6.96. The molecule has 112 valence electrons. The van der Waals surface area contributed by atoms with Crippen molar-refractivity contribution in [1.29, 1.82) is 0 Å². The number of rotatable bonds is 7. The zero-order valence-electron chi connectivity index (χ0n) is 11.6. The zero-order chi connectivity index (χ0) is 15.1. The van der Waals surface area contributed by atoms with E-state index < -0.39 is 6.09 Å². The molecule has 0 fully saturated rings. The van der Waals surface area contributed by atoms with E-state index >= 15 is 0 Å². The van der Waals surface area contributed by atoms with E-state index in [2.05, 4.69) is 6.92 Å².